The summed E-state index contributed by atoms with van der Waals surface area (Å²) in [6, 6.07) is 10.3. The summed E-state index contributed by atoms with van der Waals surface area (Å²) in [5, 5.41) is 2.51. The van der Waals surface area contributed by atoms with E-state index in [0.29, 0.717) is 6.07 Å². The van der Waals surface area contributed by atoms with Crippen molar-refractivity contribution in [2.24, 2.45) is 0 Å². The van der Waals surface area contributed by atoms with Crippen LogP contribution >= 0.6 is 0 Å². The van der Waals surface area contributed by atoms with E-state index in [0.717, 1.165) is 18.2 Å². The number of rotatable bonds is 5. The lowest BCUT2D eigenvalue weighted by molar-refractivity contribution is -0.348. The zero-order valence-corrected chi connectivity index (χ0v) is 18.5. The number of carbonyl (C=O) groups is 1. The van der Waals surface area contributed by atoms with Gasteiger partial charge in [-0.1, -0.05) is 12.1 Å². The summed E-state index contributed by atoms with van der Waals surface area (Å²) < 4.78 is 117. The van der Waals surface area contributed by atoms with Crippen LogP contribution in [0.3, 0.4) is 0 Å². The van der Waals surface area contributed by atoms with E-state index in [9.17, 15) is 39.9 Å². The van der Waals surface area contributed by atoms with E-state index in [1.807, 2.05) is 0 Å². The standard InChI is InChI=1S/C24H14F8N2O3/c1-36-18-8-6-15(33-20(35)12-3-2-4-14(25)9-12)11-16(18)21-34-17-7-5-13(10-19(17)37-21)22(26,23(27,28)29)24(30,31)32/h2-11H,1H3,(H,33,35). The van der Waals surface area contributed by atoms with E-state index in [4.69, 9.17) is 9.15 Å². The van der Waals surface area contributed by atoms with Crippen molar-refractivity contribution in [3.05, 3.63) is 77.6 Å². The molecule has 0 bridgehead atoms. The molecular formula is C24H14F8N2O3. The van der Waals surface area contributed by atoms with Crippen LogP contribution in [0.1, 0.15) is 15.9 Å². The lowest BCUT2D eigenvalue weighted by atomic mass is 9.94. The molecule has 1 N–H and O–H groups in total. The fourth-order valence-corrected chi connectivity index (χ4v) is 3.53. The number of fused-ring (bicyclic) bond motifs is 1. The third-order valence-corrected chi connectivity index (χ3v) is 5.34. The van der Waals surface area contributed by atoms with E-state index in [2.05, 4.69) is 10.3 Å². The second-order valence-electron chi connectivity index (χ2n) is 7.74. The van der Waals surface area contributed by atoms with Gasteiger partial charge in [0.25, 0.3) is 5.91 Å². The lowest BCUT2D eigenvalue weighted by Gasteiger charge is -2.30. The minimum Gasteiger partial charge on any atom is -0.496 e. The maximum absolute atomic E-state index is 14.5. The Labute approximate surface area is 202 Å². The number of anilines is 1. The van der Waals surface area contributed by atoms with Crippen molar-refractivity contribution in [2.75, 3.05) is 12.4 Å². The van der Waals surface area contributed by atoms with Crippen LogP contribution in [0, 0.1) is 5.82 Å². The van der Waals surface area contributed by atoms with Crippen molar-refractivity contribution in [3.63, 3.8) is 0 Å². The van der Waals surface area contributed by atoms with Gasteiger partial charge < -0.3 is 14.5 Å². The van der Waals surface area contributed by atoms with Crippen LogP contribution in [0.5, 0.6) is 5.75 Å². The van der Waals surface area contributed by atoms with Crippen LogP contribution in [-0.4, -0.2) is 30.4 Å². The molecule has 0 aliphatic rings. The number of methoxy groups -OCH3 is 1. The van der Waals surface area contributed by atoms with E-state index < -0.39 is 40.9 Å². The van der Waals surface area contributed by atoms with E-state index in [1.54, 1.807) is 0 Å². The number of hydrogen-bond donors (Lipinski definition) is 1. The van der Waals surface area contributed by atoms with Gasteiger partial charge in [0, 0.05) is 16.8 Å². The van der Waals surface area contributed by atoms with E-state index in [-0.39, 0.29) is 40.0 Å². The molecule has 1 amide bonds. The average Bonchev–Trinajstić information content (AvgIpc) is 3.25. The number of amides is 1. The van der Waals surface area contributed by atoms with Gasteiger partial charge in [0.2, 0.25) is 5.89 Å². The van der Waals surface area contributed by atoms with E-state index in [1.165, 1.54) is 37.4 Å². The van der Waals surface area contributed by atoms with Crippen molar-refractivity contribution in [3.8, 4) is 17.2 Å². The van der Waals surface area contributed by atoms with Gasteiger partial charge in [-0.05, 0) is 48.5 Å². The molecule has 0 aliphatic carbocycles. The number of halogens is 8. The summed E-state index contributed by atoms with van der Waals surface area (Å²) in [4.78, 5) is 16.5. The molecule has 0 atom stereocenters. The molecule has 4 aromatic rings. The van der Waals surface area contributed by atoms with Gasteiger partial charge in [-0.2, -0.15) is 26.3 Å². The van der Waals surface area contributed by atoms with Crippen LogP contribution < -0.4 is 10.1 Å². The Morgan fingerprint density at radius 2 is 1.62 bits per heavy atom. The van der Waals surface area contributed by atoms with Gasteiger partial charge in [0.05, 0.1) is 12.7 Å². The van der Waals surface area contributed by atoms with Gasteiger partial charge in [0.15, 0.2) is 5.58 Å². The molecular weight excluding hydrogens is 516 g/mol. The summed E-state index contributed by atoms with van der Waals surface area (Å²) >= 11 is 0. The number of carbonyl (C=O) groups excluding carboxylic acids is 1. The molecule has 1 heterocycles. The SMILES string of the molecule is COc1ccc(NC(=O)c2cccc(F)c2)cc1-c1nc2ccc(C(F)(C(F)(F)F)C(F)(F)F)cc2o1. The van der Waals surface area contributed by atoms with E-state index >= 15 is 0 Å². The molecule has 0 fully saturated rings. The maximum atomic E-state index is 14.5. The Bertz CT molecular complexity index is 1460. The average molecular weight is 530 g/mol. The first-order valence-electron chi connectivity index (χ1n) is 10.2. The lowest BCUT2D eigenvalue weighted by Crippen LogP contribution is -2.50. The Hall–Kier alpha value is -4.16. The molecule has 0 spiro atoms. The molecule has 1 aromatic heterocycles. The fourth-order valence-electron chi connectivity index (χ4n) is 3.53. The summed E-state index contributed by atoms with van der Waals surface area (Å²) in [7, 11) is 1.27. The normalized spacial score (nSPS) is 12.6. The molecule has 0 saturated heterocycles. The summed E-state index contributed by atoms with van der Waals surface area (Å²) in [6.07, 6.45) is -12.6. The summed E-state index contributed by atoms with van der Waals surface area (Å²) in [5.41, 5.74) is -7.86. The van der Waals surface area contributed by atoms with Crippen LogP contribution in [0.2, 0.25) is 0 Å². The van der Waals surface area contributed by atoms with Crippen LogP contribution in [0.4, 0.5) is 40.8 Å². The number of hydrogen-bond acceptors (Lipinski definition) is 4. The molecule has 0 saturated carbocycles. The minimum absolute atomic E-state index is 0.01000. The molecule has 194 valence electrons. The Kier molecular flexibility index (Phi) is 6.34. The first kappa shape index (κ1) is 25.9. The smallest absolute Gasteiger partial charge is 0.435 e. The minimum atomic E-state index is -6.29. The van der Waals surface area contributed by atoms with Crippen LogP contribution in [-0.2, 0) is 5.67 Å². The van der Waals surface area contributed by atoms with Gasteiger partial charge in [-0.15, -0.1) is 0 Å². The molecule has 37 heavy (non-hydrogen) atoms. The monoisotopic (exact) mass is 530 g/mol. The highest BCUT2D eigenvalue weighted by molar-refractivity contribution is 6.04. The number of benzene rings is 3. The number of nitrogens with zero attached hydrogens (tertiary/aromatic N) is 1. The first-order valence-corrected chi connectivity index (χ1v) is 10.2. The molecule has 5 nitrogen and oxygen atoms in total. The largest absolute Gasteiger partial charge is 0.496 e. The third-order valence-electron chi connectivity index (χ3n) is 5.34. The van der Waals surface area contributed by atoms with Crippen molar-refractivity contribution < 1.29 is 49.1 Å². The topological polar surface area (TPSA) is 64.4 Å². The van der Waals surface area contributed by atoms with Gasteiger partial charge in [-0.25, -0.2) is 13.8 Å². The third kappa shape index (κ3) is 4.68. The van der Waals surface area contributed by atoms with Crippen LogP contribution in [0.15, 0.2) is 65.1 Å². The second-order valence-corrected chi connectivity index (χ2v) is 7.74. The van der Waals surface area contributed by atoms with Crippen molar-refractivity contribution >= 4 is 22.7 Å². The molecule has 4 rings (SSSR count). The maximum Gasteiger partial charge on any atom is 0.435 e. The highest BCUT2D eigenvalue weighted by atomic mass is 19.4. The number of nitrogens with one attached hydrogen (secondary N) is 1. The Morgan fingerprint density at radius 1 is 0.919 bits per heavy atom. The molecule has 0 radical (unpaired) electrons. The van der Waals surface area contributed by atoms with Gasteiger partial charge in [0.1, 0.15) is 17.1 Å². The van der Waals surface area contributed by atoms with Crippen molar-refractivity contribution in [1.29, 1.82) is 0 Å². The Morgan fingerprint density at radius 3 is 2.24 bits per heavy atom. The van der Waals surface area contributed by atoms with Crippen LogP contribution in [0.25, 0.3) is 22.6 Å². The van der Waals surface area contributed by atoms with Gasteiger partial charge >= 0.3 is 18.0 Å². The fraction of sp³-hybridized carbons (Fsp3) is 0.167. The summed E-state index contributed by atoms with van der Waals surface area (Å²) in [6.45, 7) is 0. The van der Waals surface area contributed by atoms with Crippen molar-refractivity contribution in [2.45, 2.75) is 18.0 Å². The zero-order valence-electron chi connectivity index (χ0n) is 18.5. The number of aromatic nitrogens is 1. The highest BCUT2D eigenvalue weighted by Gasteiger charge is 2.73. The van der Waals surface area contributed by atoms with Gasteiger partial charge in [-0.3, -0.25) is 4.79 Å². The Balaban J connectivity index is 1.74. The van der Waals surface area contributed by atoms with Crippen molar-refractivity contribution in [1.82, 2.24) is 4.98 Å². The number of alkyl halides is 7. The second kappa shape index (κ2) is 9.05. The number of ether oxygens (including phenoxy) is 1. The summed E-state index contributed by atoms with van der Waals surface area (Å²) in [5.74, 6) is -1.48. The molecule has 0 aliphatic heterocycles. The molecule has 13 heteroatoms. The zero-order chi connectivity index (χ0) is 27.2. The first-order chi connectivity index (χ1) is 17.2. The predicted octanol–water partition coefficient (Wildman–Crippen LogP) is 7.18. The quantitative estimate of drug-likeness (QED) is 0.278. The highest BCUT2D eigenvalue weighted by Crippen LogP contribution is 2.53. The number of oxazole rings is 1. The molecule has 3 aromatic carbocycles. The molecule has 0 unspecified atom stereocenters. The predicted molar refractivity (Wildman–Crippen MR) is 115 cm³/mol.